The van der Waals surface area contributed by atoms with Gasteiger partial charge in [0.1, 0.15) is 0 Å². The van der Waals surface area contributed by atoms with Crippen LogP contribution in [0.1, 0.15) is 32.6 Å². The molecule has 0 aliphatic heterocycles. The Morgan fingerprint density at radius 1 is 1.00 bits per heavy atom. The van der Waals surface area contributed by atoms with Gasteiger partial charge in [-0.3, -0.25) is 19.8 Å². The highest BCUT2D eigenvalue weighted by Gasteiger charge is 2.09. The van der Waals surface area contributed by atoms with Crippen LogP contribution in [0.5, 0.6) is 0 Å². The zero-order valence-electron chi connectivity index (χ0n) is 13.0. The average molecular weight is 304 g/mol. The lowest BCUT2D eigenvalue weighted by molar-refractivity contribution is 0.664. The van der Waals surface area contributed by atoms with Crippen LogP contribution in [0.3, 0.4) is 0 Å². The van der Waals surface area contributed by atoms with Crippen molar-refractivity contribution >= 4 is 16.5 Å². The number of nitrogens with zero attached hydrogens (tertiary/aromatic N) is 1. The Kier molecular flexibility index (Phi) is 5.77. The number of unbranched alkanes of at least 4 members (excludes halogenated alkanes) is 2. The summed E-state index contributed by atoms with van der Waals surface area (Å²) in [6, 6.07) is 5.44. The molecule has 1 heterocycles. The van der Waals surface area contributed by atoms with Crippen molar-refractivity contribution in [1.82, 2.24) is 10.2 Å². The highest BCUT2D eigenvalue weighted by Crippen LogP contribution is 2.19. The van der Waals surface area contributed by atoms with Crippen molar-refractivity contribution in [2.24, 2.45) is 5.73 Å². The number of H-pyrrole nitrogens is 2. The van der Waals surface area contributed by atoms with Gasteiger partial charge in [0, 0.05) is 18.8 Å². The van der Waals surface area contributed by atoms with Gasteiger partial charge in [-0.05, 0) is 44.0 Å². The summed E-state index contributed by atoms with van der Waals surface area (Å²) in [4.78, 5) is 25.9. The number of hydrogen-bond acceptors (Lipinski definition) is 4. The normalized spacial score (nSPS) is 11.0. The fourth-order valence-electron chi connectivity index (χ4n) is 2.53. The zero-order chi connectivity index (χ0) is 15.9. The molecule has 6 heteroatoms. The highest BCUT2D eigenvalue weighted by atomic mass is 16.1. The van der Waals surface area contributed by atoms with Crippen LogP contribution in [0.2, 0.25) is 0 Å². The molecular formula is C16H24N4O2. The number of rotatable bonds is 8. The van der Waals surface area contributed by atoms with Crippen molar-refractivity contribution in [3.8, 4) is 0 Å². The lowest BCUT2D eigenvalue weighted by Gasteiger charge is -2.25. The summed E-state index contributed by atoms with van der Waals surface area (Å²) in [7, 11) is 0. The molecule has 0 aliphatic rings. The van der Waals surface area contributed by atoms with Crippen LogP contribution in [0.25, 0.3) is 10.8 Å². The molecule has 0 fully saturated rings. The van der Waals surface area contributed by atoms with E-state index >= 15 is 0 Å². The number of aromatic amines is 2. The molecule has 1 aromatic heterocycles. The van der Waals surface area contributed by atoms with Crippen LogP contribution in [-0.2, 0) is 0 Å². The summed E-state index contributed by atoms with van der Waals surface area (Å²) >= 11 is 0. The van der Waals surface area contributed by atoms with Crippen molar-refractivity contribution in [1.29, 1.82) is 0 Å². The number of nitrogens with one attached hydrogen (secondary N) is 2. The first-order valence-corrected chi connectivity index (χ1v) is 7.87. The number of benzene rings is 1. The Morgan fingerprint density at radius 2 is 1.68 bits per heavy atom. The van der Waals surface area contributed by atoms with Gasteiger partial charge in [0.2, 0.25) is 0 Å². The first-order chi connectivity index (χ1) is 10.7. The van der Waals surface area contributed by atoms with Crippen molar-refractivity contribution in [2.45, 2.75) is 32.6 Å². The predicted molar refractivity (Wildman–Crippen MR) is 90.6 cm³/mol. The fourth-order valence-corrected chi connectivity index (χ4v) is 2.53. The molecule has 0 unspecified atom stereocenters. The molecule has 22 heavy (non-hydrogen) atoms. The SMILES string of the molecule is CCCCN(CCCCN)c1ccc2c(=O)[nH][nH]c(=O)c2c1. The minimum Gasteiger partial charge on any atom is -0.372 e. The Balaban J connectivity index is 2.34. The number of hydrogen-bond donors (Lipinski definition) is 3. The minimum atomic E-state index is -0.274. The van der Waals surface area contributed by atoms with Gasteiger partial charge < -0.3 is 10.6 Å². The van der Waals surface area contributed by atoms with Gasteiger partial charge in [0.05, 0.1) is 10.8 Å². The van der Waals surface area contributed by atoms with Crippen LogP contribution >= 0.6 is 0 Å². The van der Waals surface area contributed by atoms with Crippen molar-refractivity contribution in [3.05, 3.63) is 38.9 Å². The second-order valence-corrected chi connectivity index (χ2v) is 5.47. The smallest absolute Gasteiger partial charge is 0.270 e. The van der Waals surface area contributed by atoms with Gasteiger partial charge in [0.25, 0.3) is 11.1 Å². The van der Waals surface area contributed by atoms with E-state index in [9.17, 15) is 9.59 Å². The third-order valence-electron chi connectivity index (χ3n) is 3.81. The maximum absolute atomic E-state index is 11.9. The lowest BCUT2D eigenvalue weighted by atomic mass is 10.1. The molecule has 120 valence electrons. The first-order valence-electron chi connectivity index (χ1n) is 7.87. The van der Waals surface area contributed by atoms with E-state index < -0.39 is 0 Å². The maximum atomic E-state index is 11.9. The van der Waals surface area contributed by atoms with Crippen molar-refractivity contribution in [3.63, 3.8) is 0 Å². The Bertz CT molecular complexity index is 720. The molecule has 2 rings (SSSR count). The molecule has 0 spiro atoms. The number of fused-ring (bicyclic) bond motifs is 1. The van der Waals surface area contributed by atoms with Gasteiger partial charge in [-0.1, -0.05) is 13.3 Å². The second-order valence-electron chi connectivity index (χ2n) is 5.47. The average Bonchev–Trinajstić information content (AvgIpc) is 2.54. The summed E-state index contributed by atoms with van der Waals surface area (Å²) in [6.07, 6.45) is 4.20. The first kappa shape index (κ1) is 16.3. The molecular weight excluding hydrogens is 280 g/mol. The van der Waals surface area contributed by atoms with Gasteiger partial charge >= 0.3 is 0 Å². The summed E-state index contributed by atoms with van der Waals surface area (Å²) in [6.45, 7) is 4.69. The highest BCUT2D eigenvalue weighted by molar-refractivity contribution is 5.84. The van der Waals surface area contributed by atoms with Crippen molar-refractivity contribution in [2.75, 3.05) is 24.5 Å². The lowest BCUT2D eigenvalue weighted by Crippen LogP contribution is -2.27. The maximum Gasteiger partial charge on any atom is 0.270 e. The third kappa shape index (κ3) is 3.76. The molecule has 0 aliphatic carbocycles. The molecule has 0 atom stereocenters. The van der Waals surface area contributed by atoms with E-state index in [4.69, 9.17) is 5.73 Å². The molecule has 0 saturated carbocycles. The number of nitrogens with two attached hydrogens (primary N) is 1. The van der Waals surface area contributed by atoms with E-state index in [-0.39, 0.29) is 11.1 Å². The van der Waals surface area contributed by atoms with Crippen molar-refractivity contribution < 1.29 is 0 Å². The van der Waals surface area contributed by atoms with Gasteiger partial charge in [-0.2, -0.15) is 0 Å². The predicted octanol–water partition coefficient (Wildman–Crippen LogP) is 1.56. The van der Waals surface area contributed by atoms with Crippen LogP contribution in [0.4, 0.5) is 5.69 Å². The standard InChI is InChI=1S/C16H24N4O2/c1-2-3-9-20(10-5-4-8-17)12-6-7-13-14(11-12)16(22)19-18-15(13)21/h6-7,11H,2-5,8-10,17H2,1H3,(H,18,21)(H,19,22). The largest absolute Gasteiger partial charge is 0.372 e. The molecule has 0 amide bonds. The molecule has 4 N–H and O–H groups in total. The number of anilines is 1. The van der Waals surface area contributed by atoms with Crippen LogP contribution in [0, 0.1) is 0 Å². The Labute approximate surface area is 129 Å². The quantitative estimate of drug-likeness (QED) is 0.645. The van der Waals surface area contributed by atoms with Crippen LogP contribution in [-0.4, -0.2) is 29.8 Å². The molecule has 6 nitrogen and oxygen atoms in total. The molecule has 0 bridgehead atoms. The molecule has 1 aromatic carbocycles. The number of aromatic nitrogens is 2. The van der Waals surface area contributed by atoms with Gasteiger partial charge in [0.15, 0.2) is 0 Å². The molecule has 0 saturated heterocycles. The fraction of sp³-hybridized carbons (Fsp3) is 0.500. The van der Waals surface area contributed by atoms with Crippen LogP contribution in [0.15, 0.2) is 27.8 Å². The third-order valence-corrected chi connectivity index (χ3v) is 3.81. The topological polar surface area (TPSA) is 95.0 Å². The van der Waals surface area contributed by atoms with E-state index in [0.717, 1.165) is 44.5 Å². The second kappa shape index (κ2) is 7.79. The van der Waals surface area contributed by atoms with E-state index in [2.05, 4.69) is 22.0 Å². The minimum absolute atomic E-state index is 0.270. The van der Waals surface area contributed by atoms with E-state index in [1.165, 1.54) is 0 Å². The van der Waals surface area contributed by atoms with E-state index in [0.29, 0.717) is 17.3 Å². The Morgan fingerprint density at radius 3 is 2.36 bits per heavy atom. The monoisotopic (exact) mass is 304 g/mol. The van der Waals surface area contributed by atoms with Gasteiger partial charge in [-0.15, -0.1) is 0 Å². The summed E-state index contributed by atoms with van der Waals surface area (Å²) in [5.74, 6) is 0. The zero-order valence-corrected chi connectivity index (χ0v) is 13.0. The Hall–Kier alpha value is -2.08. The summed E-state index contributed by atoms with van der Waals surface area (Å²) < 4.78 is 0. The van der Waals surface area contributed by atoms with Crippen LogP contribution < -0.4 is 21.8 Å². The van der Waals surface area contributed by atoms with E-state index in [1.54, 1.807) is 6.07 Å². The van der Waals surface area contributed by atoms with E-state index in [1.807, 2.05) is 12.1 Å². The summed E-state index contributed by atoms with van der Waals surface area (Å²) in [5, 5.41) is 5.58. The molecule has 0 radical (unpaired) electrons. The summed E-state index contributed by atoms with van der Waals surface area (Å²) in [5.41, 5.74) is 6.00. The van der Waals surface area contributed by atoms with Gasteiger partial charge in [-0.25, -0.2) is 0 Å². The molecule has 2 aromatic rings.